The number of aldehydes is 1. The molecular weight excluding hydrogens is 206 g/mol. The number of carbonyl (C=O) groups is 2. The number of aromatic carboxylic acids is 1. The Morgan fingerprint density at radius 2 is 2.00 bits per heavy atom. The zero-order valence-corrected chi connectivity index (χ0v) is 7.25. The normalized spacial score (nSPS) is 8.93. The molecule has 15 heavy (non-hydrogen) atoms. The number of hydrogen-bond acceptors (Lipinski definition) is 2. The summed E-state index contributed by atoms with van der Waals surface area (Å²) in [6.45, 7) is 0. The summed E-state index contributed by atoms with van der Waals surface area (Å²) in [4.78, 5) is 20.4. The molecule has 0 unspecified atom stereocenters. The Hall–Kier alpha value is -2.22. The van der Waals surface area contributed by atoms with Crippen LogP contribution in [0.5, 0.6) is 0 Å². The molecule has 0 saturated carbocycles. The smallest absolute Gasteiger partial charge is 0.338 e. The van der Waals surface area contributed by atoms with Gasteiger partial charge < -0.3 is 5.11 Å². The van der Waals surface area contributed by atoms with Gasteiger partial charge in [-0.15, -0.1) is 0 Å². The second kappa shape index (κ2) is 4.33. The minimum absolute atomic E-state index is 0.225. The van der Waals surface area contributed by atoms with Crippen molar-refractivity contribution in [2.24, 2.45) is 0 Å². The van der Waals surface area contributed by atoms with Crippen molar-refractivity contribution in [2.75, 3.05) is 0 Å². The van der Waals surface area contributed by atoms with E-state index < -0.39 is 23.2 Å². The number of hydrogen-bond donors (Lipinski definition) is 1. The van der Waals surface area contributed by atoms with Crippen LogP contribution in [-0.2, 0) is 4.79 Å². The Balaban J connectivity index is 3.35. The molecule has 0 aromatic heterocycles. The molecule has 0 spiro atoms. The van der Waals surface area contributed by atoms with E-state index in [1.807, 2.05) is 5.92 Å². The number of carboxylic acids is 1. The van der Waals surface area contributed by atoms with Crippen molar-refractivity contribution in [1.82, 2.24) is 0 Å². The van der Waals surface area contributed by atoms with Crippen LogP contribution in [0.15, 0.2) is 12.1 Å². The average molecular weight is 210 g/mol. The summed E-state index contributed by atoms with van der Waals surface area (Å²) >= 11 is 0. The van der Waals surface area contributed by atoms with E-state index in [1.54, 1.807) is 0 Å². The summed E-state index contributed by atoms with van der Waals surface area (Å²) in [5.74, 6) is 0.250. The van der Waals surface area contributed by atoms with E-state index in [4.69, 9.17) is 5.11 Å². The molecule has 0 radical (unpaired) electrons. The molecule has 0 saturated heterocycles. The lowest BCUT2D eigenvalue weighted by atomic mass is 10.1. The molecule has 0 amide bonds. The Kier molecular flexibility index (Phi) is 3.13. The van der Waals surface area contributed by atoms with Gasteiger partial charge in [-0.1, -0.05) is 5.92 Å². The molecular formula is C10H4F2O3. The summed E-state index contributed by atoms with van der Waals surface area (Å²) in [6, 6.07) is 1.15. The summed E-state index contributed by atoms with van der Waals surface area (Å²) in [5, 5.41) is 8.53. The van der Waals surface area contributed by atoms with E-state index >= 15 is 0 Å². The van der Waals surface area contributed by atoms with Gasteiger partial charge in [0.05, 0.1) is 11.1 Å². The first-order valence-electron chi connectivity index (χ1n) is 3.73. The topological polar surface area (TPSA) is 54.4 Å². The first kappa shape index (κ1) is 10.9. The maximum absolute atomic E-state index is 13.0. The van der Waals surface area contributed by atoms with Crippen molar-refractivity contribution in [3.05, 3.63) is 34.9 Å². The van der Waals surface area contributed by atoms with Crippen molar-refractivity contribution >= 4 is 12.3 Å². The highest BCUT2D eigenvalue weighted by molar-refractivity contribution is 5.88. The first-order valence-corrected chi connectivity index (χ1v) is 3.73. The fourth-order valence-electron chi connectivity index (χ4n) is 0.916. The van der Waals surface area contributed by atoms with Gasteiger partial charge in [0, 0.05) is 6.07 Å². The van der Waals surface area contributed by atoms with Gasteiger partial charge >= 0.3 is 5.97 Å². The van der Waals surface area contributed by atoms with E-state index in [0.29, 0.717) is 6.07 Å². The van der Waals surface area contributed by atoms with Crippen LogP contribution < -0.4 is 0 Å². The molecule has 0 aliphatic heterocycles. The Morgan fingerprint density at radius 1 is 1.33 bits per heavy atom. The second-order valence-corrected chi connectivity index (χ2v) is 2.50. The number of benzene rings is 1. The van der Waals surface area contributed by atoms with Gasteiger partial charge in [-0.05, 0) is 12.0 Å². The summed E-state index contributed by atoms with van der Waals surface area (Å²) in [6.07, 6.45) is 0.225. The van der Waals surface area contributed by atoms with Crippen LogP contribution >= 0.6 is 0 Å². The lowest BCUT2D eigenvalue weighted by Gasteiger charge is -1.99. The summed E-state index contributed by atoms with van der Waals surface area (Å²) < 4.78 is 25.8. The minimum atomic E-state index is -1.53. The standard InChI is InChI=1S/C10H4F2O3/c11-8-5-9(12)7(10(14)15)4-6(8)2-1-3-13/h3-5H,(H,14,15). The second-order valence-electron chi connectivity index (χ2n) is 2.50. The fourth-order valence-corrected chi connectivity index (χ4v) is 0.916. The number of carbonyl (C=O) groups excluding carboxylic acids is 1. The molecule has 1 aromatic carbocycles. The monoisotopic (exact) mass is 210 g/mol. The molecule has 76 valence electrons. The van der Waals surface area contributed by atoms with Crippen molar-refractivity contribution in [3.8, 4) is 11.8 Å². The van der Waals surface area contributed by atoms with Crippen LogP contribution in [-0.4, -0.2) is 17.4 Å². The SMILES string of the molecule is O=CC#Cc1cc(C(=O)O)c(F)cc1F. The van der Waals surface area contributed by atoms with E-state index in [1.165, 1.54) is 0 Å². The molecule has 0 atom stereocenters. The zero-order chi connectivity index (χ0) is 11.4. The number of rotatable bonds is 1. The molecule has 0 aliphatic carbocycles. The third-order valence-corrected chi connectivity index (χ3v) is 1.55. The van der Waals surface area contributed by atoms with Crippen molar-refractivity contribution in [1.29, 1.82) is 0 Å². The van der Waals surface area contributed by atoms with Crippen LogP contribution in [0.2, 0.25) is 0 Å². The van der Waals surface area contributed by atoms with Crippen molar-refractivity contribution < 1.29 is 23.5 Å². The van der Waals surface area contributed by atoms with E-state index in [-0.39, 0.29) is 11.8 Å². The average Bonchev–Trinajstić information content (AvgIpc) is 2.16. The van der Waals surface area contributed by atoms with E-state index in [2.05, 4.69) is 5.92 Å². The minimum Gasteiger partial charge on any atom is -0.478 e. The highest BCUT2D eigenvalue weighted by Gasteiger charge is 2.13. The molecule has 0 bridgehead atoms. The maximum atomic E-state index is 13.0. The Morgan fingerprint density at radius 3 is 2.53 bits per heavy atom. The molecule has 3 nitrogen and oxygen atoms in total. The summed E-state index contributed by atoms with van der Waals surface area (Å²) in [5.41, 5.74) is -1.02. The summed E-state index contributed by atoms with van der Waals surface area (Å²) in [7, 11) is 0. The van der Waals surface area contributed by atoms with Gasteiger partial charge in [0.15, 0.2) is 6.29 Å². The molecule has 1 aromatic rings. The Labute approximate surface area is 83.3 Å². The molecule has 1 rings (SSSR count). The van der Waals surface area contributed by atoms with Crippen LogP contribution in [0, 0.1) is 23.5 Å². The van der Waals surface area contributed by atoms with Gasteiger partial charge in [-0.3, -0.25) is 4.79 Å². The highest BCUT2D eigenvalue weighted by atomic mass is 19.1. The largest absolute Gasteiger partial charge is 0.478 e. The number of carboxylic acid groups (broad SMARTS) is 1. The molecule has 1 N–H and O–H groups in total. The van der Waals surface area contributed by atoms with Crippen LogP contribution in [0.4, 0.5) is 8.78 Å². The van der Waals surface area contributed by atoms with Gasteiger partial charge in [-0.2, -0.15) is 0 Å². The third kappa shape index (κ3) is 2.38. The quantitative estimate of drug-likeness (QED) is 0.560. The lowest BCUT2D eigenvalue weighted by Crippen LogP contribution is -2.02. The maximum Gasteiger partial charge on any atom is 0.338 e. The molecule has 0 heterocycles. The van der Waals surface area contributed by atoms with Gasteiger partial charge in [-0.25, -0.2) is 13.6 Å². The molecule has 0 aliphatic rings. The number of halogens is 2. The zero-order valence-electron chi connectivity index (χ0n) is 7.25. The van der Waals surface area contributed by atoms with Gasteiger partial charge in [0.25, 0.3) is 0 Å². The fraction of sp³-hybridized carbons (Fsp3) is 0. The highest BCUT2D eigenvalue weighted by Crippen LogP contribution is 2.14. The molecule has 5 heteroatoms. The van der Waals surface area contributed by atoms with E-state index in [9.17, 15) is 18.4 Å². The van der Waals surface area contributed by atoms with Gasteiger partial charge in [0.1, 0.15) is 11.6 Å². The Bertz CT molecular complexity index is 483. The first-order chi connectivity index (χ1) is 7.06. The van der Waals surface area contributed by atoms with Crippen molar-refractivity contribution in [2.45, 2.75) is 0 Å². The van der Waals surface area contributed by atoms with Gasteiger partial charge in [0.2, 0.25) is 0 Å². The lowest BCUT2D eigenvalue weighted by molar-refractivity contribution is -0.103. The predicted octanol–water partition coefficient (Wildman–Crippen LogP) is 1.21. The van der Waals surface area contributed by atoms with Crippen LogP contribution in [0.3, 0.4) is 0 Å². The van der Waals surface area contributed by atoms with Crippen LogP contribution in [0.1, 0.15) is 15.9 Å². The van der Waals surface area contributed by atoms with Crippen LogP contribution in [0.25, 0.3) is 0 Å². The van der Waals surface area contributed by atoms with E-state index in [0.717, 1.165) is 6.07 Å². The van der Waals surface area contributed by atoms with Crippen molar-refractivity contribution in [3.63, 3.8) is 0 Å². The third-order valence-electron chi connectivity index (χ3n) is 1.55. The predicted molar refractivity (Wildman–Crippen MR) is 46.3 cm³/mol. The molecule has 0 fully saturated rings.